The summed E-state index contributed by atoms with van der Waals surface area (Å²) in [5.74, 6) is 2.45. The molecule has 1 saturated heterocycles. The second-order valence-electron chi connectivity index (χ2n) is 16.7. The number of hydrogen-bond acceptors (Lipinski definition) is 5. The molecule has 1 heterocycles. The summed E-state index contributed by atoms with van der Waals surface area (Å²) in [7, 11) is -0.384. The molecule has 5 aliphatic rings. The van der Waals surface area contributed by atoms with Crippen LogP contribution in [0.15, 0.2) is 12.2 Å². The fraction of sp³-hybridized carbons (Fsp3) is 0.912. The van der Waals surface area contributed by atoms with E-state index in [0.29, 0.717) is 41.6 Å². The van der Waals surface area contributed by atoms with Gasteiger partial charge in [-0.25, -0.2) is 4.79 Å². The van der Waals surface area contributed by atoms with Crippen molar-refractivity contribution in [3.05, 3.63) is 12.2 Å². The summed E-state index contributed by atoms with van der Waals surface area (Å²) in [5, 5.41) is 0.221. The van der Waals surface area contributed by atoms with Gasteiger partial charge in [-0.05, 0) is 123 Å². The van der Waals surface area contributed by atoms with Gasteiger partial charge in [0.2, 0.25) is 0 Å². The van der Waals surface area contributed by atoms with E-state index in [4.69, 9.17) is 18.6 Å². The Labute approximate surface area is 245 Å². The molecule has 5 rings (SSSR count). The van der Waals surface area contributed by atoms with Crippen molar-refractivity contribution < 1.29 is 23.4 Å². The number of ether oxygens (including phenoxy) is 3. The average Bonchev–Trinajstić information content (AvgIpc) is 3.37. The van der Waals surface area contributed by atoms with Crippen molar-refractivity contribution in [2.75, 3.05) is 7.11 Å². The van der Waals surface area contributed by atoms with E-state index in [1.165, 1.54) is 45.6 Å². The van der Waals surface area contributed by atoms with Gasteiger partial charge in [-0.1, -0.05) is 47.6 Å². The van der Waals surface area contributed by atoms with Crippen LogP contribution in [0, 0.1) is 46.3 Å². The fourth-order valence-corrected chi connectivity index (χ4v) is 11.6. The lowest BCUT2D eigenvalue weighted by molar-refractivity contribution is -0.189. The Morgan fingerprint density at radius 3 is 2.20 bits per heavy atom. The van der Waals surface area contributed by atoms with Crippen LogP contribution in [0.4, 0.5) is 0 Å². The highest BCUT2D eigenvalue weighted by molar-refractivity contribution is 6.74. The predicted octanol–water partition coefficient (Wildman–Crippen LogP) is 8.14. The van der Waals surface area contributed by atoms with Crippen molar-refractivity contribution in [3.63, 3.8) is 0 Å². The standard InChI is InChI=1S/C34H58O5Si/c1-21(12-15-27(35)36-9)23-13-14-24-28-25(17-19-33(23,24)7)34(8)18-16-22(39-40(10,11)31(2,3)4)20-26(34)29-30(28)38-32(5,6)37-29/h12,15,21-26,28-30H,13-14,16-20H2,1-11H3/b15-12+/t21-,22-,23?,24?,25?,26?,28?,29-,30-,33-,34-/m1/s1. The van der Waals surface area contributed by atoms with Crippen LogP contribution in [-0.4, -0.2) is 45.5 Å². The van der Waals surface area contributed by atoms with Gasteiger partial charge in [-0.3, -0.25) is 0 Å². The summed E-state index contributed by atoms with van der Waals surface area (Å²) in [5.41, 5.74) is 0.520. The molecule has 5 unspecified atom stereocenters. The minimum absolute atomic E-state index is 0.144. The lowest BCUT2D eigenvalue weighted by atomic mass is 9.43. The Morgan fingerprint density at radius 1 is 0.925 bits per heavy atom. The lowest BCUT2D eigenvalue weighted by Gasteiger charge is -2.64. The number of carbonyl (C=O) groups excluding carboxylic acids is 1. The van der Waals surface area contributed by atoms with Gasteiger partial charge < -0.3 is 18.6 Å². The van der Waals surface area contributed by atoms with E-state index in [1.54, 1.807) is 6.08 Å². The van der Waals surface area contributed by atoms with E-state index < -0.39 is 14.1 Å². The number of fused-ring (bicyclic) bond motifs is 8. The molecular weight excluding hydrogens is 516 g/mol. The molecule has 0 bridgehead atoms. The van der Waals surface area contributed by atoms with Crippen molar-refractivity contribution in [2.24, 2.45) is 46.3 Å². The molecule has 5 fully saturated rings. The van der Waals surface area contributed by atoms with Crippen molar-refractivity contribution in [3.8, 4) is 0 Å². The summed E-state index contributed by atoms with van der Waals surface area (Å²) in [4.78, 5) is 11.8. The monoisotopic (exact) mass is 574 g/mol. The zero-order valence-electron chi connectivity index (χ0n) is 27.3. The highest BCUT2D eigenvalue weighted by Crippen LogP contribution is 2.70. The van der Waals surface area contributed by atoms with Crippen LogP contribution in [0.5, 0.6) is 0 Å². The smallest absolute Gasteiger partial charge is 0.330 e. The molecule has 0 radical (unpaired) electrons. The first-order valence-corrected chi connectivity index (χ1v) is 19.1. The summed E-state index contributed by atoms with van der Waals surface area (Å²) >= 11 is 0. The van der Waals surface area contributed by atoms with Gasteiger partial charge >= 0.3 is 5.97 Å². The normalized spacial score (nSPS) is 45.4. The van der Waals surface area contributed by atoms with Crippen molar-refractivity contribution in [2.45, 2.75) is 143 Å². The first-order chi connectivity index (χ1) is 18.4. The minimum atomic E-state index is -1.84. The number of esters is 1. The fourth-order valence-electron chi connectivity index (χ4n) is 10.2. The van der Waals surface area contributed by atoms with Gasteiger partial charge in [0, 0.05) is 12.2 Å². The third-order valence-electron chi connectivity index (χ3n) is 13.2. The van der Waals surface area contributed by atoms with Crippen LogP contribution >= 0.6 is 0 Å². The zero-order valence-corrected chi connectivity index (χ0v) is 28.3. The summed E-state index contributed by atoms with van der Waals surface area (Å²) in [6, 6.07) is 0. The maximum atomic E-state index is 11.8. The van der Waals surface area contributed by atoms with Crippen LogP contribution in [-0.2, 0) is 23.4 Å². The van der Waals surface area contributed by atoms with Gasteiger partial charge in [0.15, 0.2) is 14.1 Å². The Kier molecular flexibility index (Phi) is 7.84. The molecule has 4 saturated carbocycles. The van der Waals surface area contributed by atoms with Gasteiger partial charge in [0.1, 0.15) is 0 Å². The van der Waals surface area contributed by atoms with Crippen molar-refractivity contribution >= 4 is 14.3 Å². The van der Waals surface area contributed by atoms with Crippen molar-refractivity contribution in [1.29, 1.82) is 0 Å². The van der Waals surface area contributed by atoms with Gasteiger partial charge in [-0.15, -0.1) is 0 Å². The quantitative estimate of drug-likeness (QED) is 0.188. The molecule has 6 heteroatoms. The first-order valence-electron chi connectivity index (χ1n) is 16.2. The molecule has 0 aromatic rings. The molecule has 11 atom stereocenters. The third-order valence-corrected chi connectivity index (χ3v) is 17.7. The van der Waals surface area contributed by atoms with Gasteiger partial charge in [0.05, 0.1) is 19.3 Å². The summed E-state index contributed by atoms with van der Waals surface area (Å²) in [6.45, 7) is 23.6. The zero-order chi connectivity index (χ0) is 29.5. The Balaban J connectivity index is 1.43. The molecule has 4 aliphatic carbocycles. The topological polar surface area (TPSA) is 54.0 Å². The maximum Gasteiger partial charge on any atom is 0.330 e. The SMILES string of the molecule is COC(=O)/C=C/[C@@H](C)C1CCC2C3C(CC[C@@]21C)[C@@]1(C)CC[C@@H](O[Si](C)(C)C(C)(C)C)CC1[C@H]1OC(C)(C)O[C@H]31. The van der Waals surface area contributed by atoms with E-state index in [0.717, 1.165) is 6.42 Å². The Bertz CT molecular complexity index is 999. The number of carbonyl (C=O) groups is 1. The Hall–Kier alpha value is -0.693. The second kappa shape index (κ2) is 10.2. The second-order valence-corrected chi connectivity index (χ2v) is 21.5. The third kappa shape index (κ3) is 4.99. The lowest BCUT2D eigenvalue weighted by Crippen LogP contribution is -2.64. The molecule has 0 N–H and O–H groups in total. The number of methoxy groups -OCH3 is 1. The van der Waals surface area contributed by atoms with E-state index in [2.05, 4.69) is 74.6 Å². The van der Waals surface area contributed by atoms with E-state index >= 15 is 0 Å². The summed E-state index contributed by atoms with van der Waals surface area (Å²) < 4.78 is 25.7. The number of hydrogen-bond donors (Lipinski definition) is 0. The molecule has 1 aliphatic heterocycles. The van der Waals surface area contributed by atoms with Gasteiger partial charge in [-0.2, -0.15) is 0 Å². The molecule has 0 aromatic heterocycles. The predicted molar refractivity (Wildman–Crippen MR) is 162 cm³/mol. The van der Waals surface area contributed by atoms with E-state index in [-0.39, 0.29) is 34.0 Å². The first kappa shape index (κ1) is 30.8. The molecule has 40 heavy (non-hydrogen) atoms. The highest BCUT2D eigenvalue weighted by Gasteiger charge is 2.68. The van der Waals surface area contributed by atoms with Crippen molar-refractivity contribution in [1.82, 2.24) is 0 Å². The van der Waals surface area contributed by atoms with Crippen LogP contribution in [0.1, 0.15) is 100 Å². The number of allylic oxidation sites excluding steroid dienone is 1. The average molecular weight is 575 g/mol. The minimum Gasteiger partial charge on any atom is -0.466 e. The molecule has 0 amide bonds. The van der Waals surface area contributed by atoms with E-state index in [1.807, 2.05) is 0 Å². The van der Waals surface area contributed by atoms with Gasteiger partial charge in [0.25, 0.3) is 0 Å². The van der Waals surface area contributed by atoms with E-state index in [9.17, 15) is 4.79 Å². The van der Waals surface area contributed by atoms with Crippen LogP contribution in [0.25, 0.3) is 0 Å². The summed E-state index contributed by atoms with van der Waals surface area (Å²) in [6.07, 6.45) is 12.9. The van der Waals surface area contributed by atoms with Crippen LogP contribution in [0.3, 0.4) is 0 Å². The van der Waals surface area contributed by atoms with Crippen LogP contribution < -0.4 is 0 Å². The number of rotatable bonds is 5. The Morgan fingerprint density at radius 2 is 1.55 bits per heavy atom. The maximum absolute atomic E-state index is 11.8. The molecule has 5 nitrogen and oxygen atoms in total. The largest absolute Gasteiger partial charge is 0.466 e. The molecule has 0 spiro atoms. The van der Waals surface area contributed by atoms with Crippen LogP contribution in [0.2, 0.25) is 18.1 Å². The molecule has 228 valence electrons. The molecule has 0 aromatic carbocycles. The highest BCUT2D eigenvalue weighted by atomic mass is 28.4. The molecular formula is C34H58O5Si.